The van der Waals surface area contributed by atoms with Gasteiger partial charge in [-0.2, -0.15) is 0 Å². The zero-order valence-electron chi connectivity index (χ0n) is 8.37. The molecule has 0 unspecified atom stereocenters. The second kappa shape index (κ2) is 5.59. The number of azide groups is 1. The largest absolute Gasteiger partial charge is 0.495 e. The maximum Gasteiger partial charge on any atom is 0.162 e. The molecule has 0 aliphatic carbocycles. The van der Waals surface area contributed by atoms with E-state index in [1.165, 1.54) is 7.11 Å². The van der Waals surface area contributed by atoms with Crippen LogP contribution in [0.1, 0.15) is 5.56 Å². The quantitative estimate of drug-likeness (QED) is 0.329. The maximum absolute atomic E-state index is 12.9. The summed E-state index contributed by atoms with van der Waals surface area (Å²) in [6, 6.07) is 1.84. The lowest BCUT2D eigenvalue weighted by Gasteiger charge is -2.03. The van der Waals surface area contributed by atoms with Crippen molar-refractivity contribution in [1.82, 2.24) is 0 Å². The minimum absolute atomic E-state index is 0.0430. The average Bonchev–Trinajstić information content (AvgIpc) is 2.28. The van der Waals surface area contributed by atoms with Crippen LogP contribution in [0, 0.1) is 23.5 Å². The van der Waals surface area contributed by atoms with Crippen LogP contribution in [0.3, 0.4) is 0 Å². The highest BCUT2D eigenvalue weighted by atomic mass is 19.2. The van der Waals surface area contributed by atoms with Gasteiger partial charge in [0.1, 0.15) is 5.75 Å². The van der Waals surface area contributed by atoms with Gasteiger partial charge in [0.05, 0.1) is 19.2 Å². The van der Waals surface area contributed by atoms with Gasteiger partial charge in [-0.25, -0.2) is 8.78 Å². The molecule has 1 aromatic carbocycles. The second-order valence-electron chi connectivity index (χ2n) is 2.66. The van der Waals surface area contributed by atoms with Crippen molar-refractivity contribution < 1.29 is 13.5 Å². The fourth-order valence-electron chi connectivity index (χ4n) is 0.997. The predicted octanol–water partition coefficient (Wildman–Crippen LogP) is 2.64. The average molecular weight is 223 g/mol. The van der Waals surface area contributed by atoms with Crippen LogP contribution >= 0.6 is 0 Å². The van der Waals surface area contributed by atoms with Crippen LogP contribution in [0.15, 0.2) is 17.2 Å². The van der Waals surface area contributed by atoms with E-state index in [0.29, 0.717) is 0 Å². The molecule has 0 aromatic heterocycles. The molecule has 0 radical (unpaired) electrons. The monoisotopic (exact) mass is 223 g/mol. The van der Waals surface area contributed by atoms with Crippen LogP contribution in [-0.4, -0.2) is 13.7 Å². The number of halogens is 2. The molecule has 6 heteroatoms. The lowest BCUT2D eigenvalue weighted by Crippen LogP contribution is -1.93. The van der Waals surface area contributed by atoms with E-state index in [-0.39, 0.29) is 17.9 Å². The van der Waals surface area contributed by atoms with Gasteiger partial charge in [0.25, 0.3) is 0 Å². The third-order valence-corrected chi connectivity index (χ3v) is 1.68. The Morgan fingerprint density at radius 1 is 1.44 bits per heavy atom. The molecule has 1 aromatic rings. The molecule has 16 heavy (non-hydrogen) atoms. The summed E-state index contributed by atoms with van der Waals surface area (Å²) in [4.78, 5) is 2.50. The summed E-state index contributed by atoms with van der Waals surface area (Å²) < 4.78 is 30.5. The van der Waals surface area contributed by atoms with Crippen molar-refractivity contribution >= 4 is 0 Å². The first kappa shape index (κ1) is 11.8. The second-order valence-corrected chi connectivity index (χ2v) is 2.66. The predicted molar refractivity (Wildman–Crippen MR) is 53.8 cm³/mol. The molecule has 0 N–H and O–H groups in total. The Hall–Kier alpha value is -2.25. The van der Waals surface area contributed by atoms with Crippen LogP contribution in [0.4, 0.5) is 8.78 Å². The minimum Gasteiger partial charge on any atom is -0.495 e. The molecule has 1 rings (SSSR count). The summed E-state index contributed by atoms with van der Waals surface area (Å²) in [6.07, 6.45) is 0. The van der Waals surface area contributed by atoms with E-state index in [2.05, 4.69) is 21.9 Å². The van der Waals surface area contributed by atoms with Gasteiger partial charge in [-0.05, 0) is 11.6 Å². The Morgan fingerprint density at radius 3 is 2.75 bits per heavy atom. The Bertz CT molecular complexity index is 499. The number of nitrogens with zero attached hydrogens (tertiary/aromatic N) is 3. The van der Waals surface area contributed by atoms with Crippen molar-refractivity contribution in [2.24, 2.45) is 5.11 Å². The molecule has 0 spiro atoms. The Kier molecular flexibility index (Phi) is 4.13. The minimum atomic E-state index is -1.01. The first-order valence-corrected chi connectivity index (χ1v) is 4.21. The van der Waals surface area contributed by atoms with Crippen molar-refractivity contribution in [3.63, 3.8) is 0 Å². The molecule has 0 amide bonds. The van der Waals surface area contributed by atoms with Crippen molar-refractivity contribution in [3.8, 4) is 17.6 Å². The zero-order chi connectivity index (χ0) is 12.0. The molecule has 4 nitrogen and oxygen atoms in total. The molecule has 0 aliphatic rings. The van der Waals surface area contributed by atoms with E-state index in [9.17, 15) is 8.78 Å². The van der Waals surface area contributed by atoms with Gasteiger partial charge in [-0.3, -0.25) is 0 Å². The highest BCUT2D eigenvalue weighted by Gasteiger charge is 2.08. The van der Waals surface area contributed by atoms with Crippen LogP contribution < -0.4 is 4.74 Å². The van der Waals surface area contributed by atoms with Crippen molar-refractivity contribution in [1.29, 1.82) is 0 Å². The molecular formula is C10H7F2N3O. The maximum atomic E-state index is 12.9. The number of methoxy groups -OCH3 is 1. The fraction of sp³-hybridized carbons (Fsp3) is 0.200. The van der Waals surface area contributed by atoms with Crippen LogP contribution in [0.2, 0.25) is 0 Å². The molecular weight excluding hydrogens is 216 g/mol. The van der Waals surface area contributed by atoms with Gasteiger partial charge < -0.3 is 4.74 Å². The number of rotatable bonds is 2. The van der Waals surface area contributed by atoms with E-state index >= 15 is 0 Å². The van der Waals surface area contributed by atoms with E-state index < -0.39 is 11.6 Å². The molecule has 0 saturated carbocycles. The number of hydrogen-bond acceptors (Lipinski definition) is 2. The van der Waals surface area contributed by atoms with Crippen molar-refractivity contribution in [2.75, 3.05) is 13.7 Å². The van der Waals surface area contributed by atoms with E-state index in [1.807, 2.05) is 0 Å². The topological polar surface area (TPSA) is 58.0 Å². The van der Waals surface area contributed by atoms with Crippen molar-refractivity contribution in [3.05, 3.63) is 39.8 Å². The smallest absolute Gasteiger partial charge is 0.162 e. The highest BCUT2D eigenvalue weighted by Crippen LogP contribution is 2.20. The third-order valence-electron chi connectivity index (χ3n) is 1.68. The lowest BCUT2D eigenvalue weighted by atomic mass is 10.2. The van der Waals surface area contributed by atoms with Gasteiger partial charge in [-0.1, -0.05) is 17.0 Å². The summed E-state index contributed by atoms with van der Waals surface area (Å²) in [5.41, 5.74) is 8.20. The Balaban J connectivity index is 3.05. The van der Waals surface area contributed by atoms with E-state index in [1.54, 1.807) is 0 Å². The Morgan fingerprint density at radius 2 is 2.12 bits per heavy atom. The van der Waals surface area contributed by atoms with Crippen LogP contribution in [0.5, 0.6) is 5.75 Å². The molecule has 0 fully saturated rings. The molecule has 0 atom stereocenters. The highest BCUT2D eigenvalue weighted by molar-refractivity contribution is 5.46. The standard InChI is InChI=1S/C10H7F2N3O/c1-16-10-6-9(12)8(11)5-7(10)3-2-4-14-15-13/h5-6H,4H2,1H3. The Labute approximate surface area is 90.5 Å². The van der Waals surface area contributed by atoms with Gasteiger partial charge in [0.2, 0.25) is 0 Å². The normalized spacial score (nSPS) is 8.69. The van der Waals surface area contributed by atoms with Gasteiger partial charge in [-0.15, -0.1) is 0 Å². The van der Waals surface area contributed by atoms with E-state index in [0.717, 1.165) is 12.1 Å². The molecule has 0 aliphatic heterocycles. The first-order chi connectivity index (χ1) is 7.69. The number of benzene rings is 1. The summed E-state index contributed by atoms with van der Waals surface area (Å²) in [5.74, 6) is 3.13. The fourth-order valence-corrected chi connectivity index (χ4v) is 0.997. The van der Waals surface area contributed by atoms with Crippen molar-refractivity contribution in [2.45, 2.75) is 0 Å². The first-order valence-electron chi connectivity index (χ1n) is 4.21. The summed E-state index contributed by atoms with van der Waals surface area (Å²) in [6.45, 7) is -0.0430. The zero-order valence-corrected chi connectivity index (χ0v) is 8.37. The van der Waals surface area contributed by atoms with Gasteiger partial charge in [0, 0.05) is 11.0 Å². The summed E-state index contributed by atoms with van der Waals surface area (Å²) >= 11 is 0. The SMILES string of the molecule is COc1cc(F)c(F)cc1C#CCN=[N+]=[N-]. The van der Waals surface area contributed by atoms with Gasteiger partial charge >= 0.3 is 0 Å². The molecule has 0 heterocycles. The van der Waals surface area contributed by atoms with Crippen LogP contribution in [0.25, 0.3) is 10.4 Å². The molecule has 0 bridgehead atoms. The van der Waals surface area contributed by atoms with Crippen LogP contribution in [-0.2, 0) is 0 Å². The molecule has 0 saturated heterocycles. The third kappa shape index (κ3) is 2.87. The summed E-state index contributed by atoms with van der Waals surface area (Å²) in [5, 5.41) is 3.18. The molecule has 82 valence electrons. The van der Waals surface area contributed by atoms with E-state index in [4.69, 9.17) is 10.3 Å². The lowest BCUT2D eigenvalue weighted by molar-refractivity contribution is 0.405. The van der Waals surface area contributed by atoms with Gasteiger partial charge in [0.15, 0.2) is 11.6 Å². The number of hydrogen-bond donors (Lipinski definition) is 0. The summed E-state index contributed by atoms with van der Waals surface area (Å²) in [7, 11) is 1.32. The number of ether oxygens (including phenoxy) is 1.